The fraction of sp³-hybridized carbons (Fsp3) is 0.412. The van der Waals surface area contributed by atoms with E-state index in [1.165, 1.54) is 13.2 Å². The number of halogens is 1. The number of ether oxygens (including phenoxy) is 2. The zero-order valence-electron chi connectivity index (χ0n) is 14.8. The van der Waals surface area contributed by atoms with Gasteiger partial charge in [-0.25, -0.2) is 9.18 Å². The van der Waals surface area contributed by atoms with Gasteiger partial charge in [0.1, 0.15) is 11.4 Å². The number of methoxy groups -OCH3 is 1. The zero-order valence-corrected chi connectivity index (χ0v) is 14.8. The second kappa shape index (κ2) is 7.98. The first kappa shape index (κ1) is 18.7. The van der Waals surface area contributed by atoms with Crippen LogP contribution in [-0.2, 0) is 17.8 Å². The van der Waals surface area contributed by atoms with E-state index in [4.69, 9.17) is 9.47 Å². The number of carbonyl (C=O) groups excluding carboxylic acids is 1. The first-order valence-electron chi connectivity index (χ1n) is 7.84. The molecule has 0 saturated heterocycles. The number of H-pyrrole nitrogens is 1. The lowest BCUT2D eigenvalue weighted by Gasteiger charge is -2.19. The number of anilines is 1. The minimum atomic E-state index is -0.582. The van der Waals surface area contributed by atoms with Crippen LogP contribution in [0.3, 0.4) is 0 Å². The van der Waals surface area contributed by atoms with Crippen molar-refractivity contribution in [2.45, 2.75) is 39.5 Å². The average Bonchev–Trinajstić information content (AvgIpc) is 2.92. The molecule has 0 spiro atoms. The quantitative estimate of drug-likeness (QED) is 0.745. The van der Waals surface area contributed by atoms with Crippen LogP contribution in [0.5, 0.6) is 5.75 Å². The van der Waals surface area contributed by atoms with E-state index in [9.17, 15) is 9.18 Å². The van der Waals surface area contributed by atoms with Gasteiger partial charge in [-0.3, -0.25) is 10.4 Å². The summed E-state index contributed by atoms with van der Waals surface area (Å²) < 4.78 is 23.8. The summed E-state index contributed by atoms with van der Waals surface area (Å²) in [5.41, 5.74) is 0.962. The highest BCUT2D eigenvalue weighted by atomic mass is 19.1. The number of aromatic amines is 1. The number of hydrogen-bond acceptors (Lipinski definition) is 5. The maximum atomic E-state index is 13.7. The van der Waals surface area contributed by atoms with E-state index in [1.807, 2.05) is 0 Å². The molecule has 0 fully saturated rings. The van der Waals surface area contributed by atoms with Crippen molar-refractivity contribution in [1.29, 1.82) is 0 Å². The monoisotopic (exact) mass is 350 g/mol. The van der Waals surface area contributed by atoms with Crippen molar-refractivity contribution < 1.29 is 18.7 Å². The lowest BCUT2D eigenvalue weighted by atomic mass is 10.2. The smallest absolute Gasteiger partial charge is 0.413 e. The van der Waals surface area contributed by atoms with Crippen LogP contribution >= 0.6 is 0 Å². The number of hydrogen-bond donors (Lipinski definition) is 3. The highest BCUT2D eigenvalue weighted by Crippen LogP contribution is 2.18. The molecule has 0 bridgehead atoms. The second-order valence-corrected chi connectivity index (χ2v) is 6.47. The van der Waals surface area contributed by atoms with E-state index in [-0.39, 0.29) is 5.75 Å². The van der Waals surface area contributed by atoms with Crippen molar-refractivity contribution in [3.8, 4) is 5.75 Å². The van der Waals surface area contributed by atoms with Crippen LogP contribution in [0, 0.1) is 5.82 Å². The van der Waals surface area contributed by atoms with Crippen LogP contribution in [0.2, 0.25) is 0 Å². The van der Waals surface area contributed by atoms with E-state index >= 15 is 0 Å². The summed E-state index contributed by atoms with van der Waals surface area (Å²) in [7, 11) is 1.43. The van der Waals surface area contributed by atoms with Crippen LogP contribution in [-0.4, -0.2) is 29.0 Å². The van der Waals surface area contributed by atoms with Crippen LogP contribution in [0.15, 0.2) is 24.4 Å². The third-order valence-corrected chi connectivity index (χ3v) is 3.20. The highest BCUT2D eigenvalue weighted by molar-refractivity contribution is 5.84. The number of nitrogens with zero attached hydrogens (tertiary/aromatic N) is 1. The molecule has 1 amide bonds. The van der Waals surface area contributed by atoms with Crippen LogP contribution in [0.25, 0.3) is 0 Å². The number of carbonyl (C=O) groups is 1. The summed E-state index contributed by atoms with van der Waals surface area (Å²) in [6.07, 6.45) is 1.05. The summed E-state index contributed by atoms with van der Waals surface area (Å²) in [6, 6.07) is 4.78. The fourth-order valence-corrected chi connectivity index (χ4v) is 2.12. The van der Waals surface area contributed by atoms with Gasteiger partial charge in [0.25, 0.3) is 0 Å². The van der Waals surface area contributed by atoms with Gasteiger partial charge in [0.2, 0.25) is 0 Å². The predicted molar refractivity (Wildman–Crippen MR) is 91.9 cm³/mol. The molecule has 8 heteroatoms. The van der Waals surface area contributed by atoms with Gasteiger partial charge in [0.15, 0.2) is 11.6 Å². The minimum absolute atomic E-state index is 0.211. The molecule has 1 aromatic carbocycles. The summed E-state index contributed by atoms with van der Waals surface area (Å²) in [4.78, 5) is 11.8. The maximum absolute atomic E-state index is 13.7. The summed E-state index contributed by atoms with van der Waals surface area (Å²) in [5.74, 6) is 0.266. The summed E-state index contributed by atoms with van der Waals surface area (Å²) in [6.45, 7) is 6.26. The molecule has 0 aliphatic heterocycles. The Labute approximate surface area is 145 Å². The first-order valence-corrected chi connectivity index (χ1v) is 7.84. The molecule has 7 nitrogen and oxygen atoms in total. The van der Waals surface area contributed by atoms with Gasteiger partial charge < -0.3 is 14.8 Å². The van der Waals surface area contributed by atoms with Crippen molar-refractivity contribution in [1.82, 2.24) is 15.5 Å². The topological polar surface area (TPSA) is 88.3 Å². The fourth-order valence-electron chi connectivity index (χ4n) is 2.12. The molecule has 0 radical (unpaired) electrons. The lowest BCUT2D eigenvalue weighted by molar-refractivity contribution is 0.0635. The summed E-state index contributed by atoms with van der Waals surface area (Å²) >= 11 is 0. The SMILES string of the molecule is COc1ccc(CNCc2cn[nH]c2NC(=O)OC(C)(C)C)cc1F. The molecule has 1 heterocycles. The maximum Gasteiger partial charge on any atom is 0.413 e. The van der Waals surface area contributed by atoms with E-state index in [0.29, 0.717) is 18.9 Å². The van der Waals surface area contributed by atoms with Crippen LogP contribution in [0.1, 0.15) is 31.9 Å². The number of aromatic nitrogens is 2. The van der Waals surface area contributed by atoms with Gasteiger partial charge in [0.05, 0.1) is 13.3 Å². The molecule has 2 rings (SSSR count). The van der Waals surface area contributed by atoms with Gasteiger partial charge in [0, 0.05) is 18.7 Å². The Hall–Kier alpha value is -2.61. The Balaban J connectivity index is 1.89. The largest absolute Gasteiger partial charge is 0.494 e. The standard InChI is InChI=1S/C17H23FN4O3/c1-17(2,3)25-16(23)21-15-12(10-20-22-15)9-19-8-11-5-6-14(24-4)13(18)7-11/h5-7,10,19H,8-9H2,1-4H3,(H2,20,21,22,23). The van der Waals surface area contributed by atoms with Gasteiger partial charge in [-0.05, 0) is 38.5 Å². The third-order valence-electron chi connectivity index (χ3n) is 3.20. The molecule has 0 atom stereocenters. The molecule has 136 valence electrons. The van der Waals surface area contributed by atoms with Crippen molar-refractivity contribution in [3.05, 3.63) is 41.3 Å². The van der Waals surface area contributed by atoms with Crippen molar-refractivity contribution in [2.24, 2.45) is 0 Å². The third kappa shape index (κ3) is 5.75. The Morgan fingerprint density at radius 3 is 2.72 bits per heavy atom. The van der Waals surface area contributed by atoms with Gasteiger partial charge in [-0.2, -0.15) is 5.10 Å². The molecule has 3 N–H and O–H groups in total. The van der Waals surface area contributed by atoms with Crippen LogP contribution in [0.4, 0.5) is 15.0 Å². The number of amides is 1. The molecular weight excluding hydrogens is 327 g/mol. The number of nitrogens with one attached hydrogen (secondary N) is 3. The highest BCUT2D eigenvalue weighted by Gasteiger charge is 2.17. The normalized spacial score (nSPS) is 11.2. The molecule has 0 aliphatic carbocycles. The molecule has 0 unspecified atom stereocenters. The Bertz CT molecular complexity index is 725. The summed E-state index contributed by atoms with van der Waals surface area (Å²) in [5, 5.41) is 12.4. The first-order chi connectivity index (χ1) is 11.8. The number of benzene rings is 1. The lowest BCUT2D eigenvalue weighted by Crippen LogP contribution is -2.27. The molecule has 0 saturated carbocycles. The van der Waals surface area contributed by atoms with E-state index < -0.39 is 17.5 Å². The Morgan fingerprint density at radius 2 is 2.08 bits per heavy atom. The molecule has 0 aliphatic rings. The zero-order chi connectivity index (χ0) is 18.4. The van der Waals surface area contributed by atoms with Crippen molar-refractivity contribution >= 4 is 11.9 Å². The van der Waals surface area contributed by atoms with Gasteiger partial charge >= 0.3 is 6.09 Å². The minimum Gasteiger partial charge on any atom is -0.494 e. The van der Waals surface area contributed by atoms with Gasteiger partial charge in [-0.1, -0.05) is 6.07 Å². The van der Waals surface area contributed by atoms with E-state index in [2.05, 4.69) is 20.8 Å². The molecular formula is C17H23FN4O3. The molecule has 1 aromatic heterocycles. The molecule has 2 aromatic rings. The van der Waals surface area contributed by atoms with Gasteiger partial charge in [-0.15, -0.1) is 0 Å². The number of rotatable bonds is 6. The Morgan fingerprint density at radius 1 is 1.32 bits per heavy atom. The van der Waals surface area contributed by atoms with Crippen LogP contribution < -0.4 is 15.4 Å². The molecule has 25 heavy (non-hydrogen) atoms. The van der Waals surface area contributed by atoms with Crippen molar-refractivity contribution in [3.63, 3.8) is 0 Å². The Kier molecular flexibility index (Phi) is 5.97. The predicted octanol–water partition coefficient (Wildman–Crippen LogP) is 3.19. The second-order valence-electron chi connectivity index (χ2n) is 6.47. The van der Waals surface area contributed by atoms with E-state index in [0.717, 1.165) is 11.1 Å². The average molecular weight is 350 g/mol. The van der Waals surface area contributed by atoms with Crippen molar-refractivity contribution in [2.75, 3.05) is 12.4 Å². The van der Waals surface area contributed by atoms with E-state index in [1.54, 1.807) is 39.1 Å².